The molecule has 0 radical (unpaired) electrons. The van der Waals surface area contributed by atoms with E-state index in [-0.39, 0.29) is 11.7 Å². The van der Waals surface area contributed by atoms with Gasteiger partial charge in [-0.15, -0.1) is 0 Å². The molecule has 0 fully saturated rings. The second-order valence-electron chi connectivity index (χ2n) is 3.14. The molecule has 0 aliphatic rings. The highest BCUT2D eigenvalue weighted by atomic mass is 19.2. The molecule has 15 heavy (non-hydrogen) atoms. The van der Waals surface area contributed by atoms with Crippen LogP contribution >= 0.6 is 0 Å². The Hall–Kier alpha value is -1.12. The molecule has 0 saturated heterocycles. The van der Waals surface area contributed by atoms with Crippen LogP contribution in [0.15, 0.2) is 12.1 Å². The molecule has 0 bridgehead atoms. The van der Waals surface area contributed by atoms with Crippen LogP contribution in [0.25, 0.3) is 0 Å². The summed E-state index contributed by atoms with van der Waals surface area (Å²) in [5, 5.41) is 0. The van der Waals surface area contributed by atoms with E-state index in [1.54, 1.807) is 6.07 Å². The number of hydrogen-bond acceptors (Lipinski definition) is 1. The van der Waals surface area contributed by atoms with Gasteiger partial charge >= 0.3 is 0 Å². The second-order valence-corrected chi connectivity index (χ2v) is 3.14. The number of ether oxygens (including phenoxy) is 1. The first-order chi connectivity index (χ1) is 7.07. The van der Waals surface area contributed by atoms with Gasteiger partial charge in [-0.2, -0.15) is 4.39 Å². The third-order valence-corrected chi connectivity index (χ3v) is 1.91. The van der Waals surface area contributed by atoms with E-state index in [2.05, 4.69) is 0 Å². The third-order valence-electron chi connectivity index (χ3n) is 1.91. The van der Waals surface area contributed by atoms with Crippen molar-refractivity contribution in [1.82, 2.24) is 0 Å². The van der Waals surface area contributed by atoms with Gasteiger partial charge in [-0.05, 0) is 17.5 Å². The van der Waals surface area contributed by atoms with Gasteiger partial charge in [-0.3, -0.25) is 0 Å². The van der Waals surface area contributed by atoms with Crippen molar-refractivity contribution in [3.8, 4) is 5.75 Å². The van der Waals surface area contributed by atoms with Gasteiger partial charge in [0.05, 0.1) is 7.11 Å². The number of methoxy groups -OCH3 is 1. The van der Waals surface area contributed by atoms with Gasteiger partial charge in [0.15, 0.2) is 11.6 Å². The molecule has 0 spiro atoms. The van der Waals surface area contributed by atoms with Gasteiger partial charge in [0.1, 0.15) is 0 Å². The van der Waals surface area contributed by atoms with Gasteiger partial charge in [0.2, 0.25) is 5.82 Å². The molecule has 1 nitrogen and oxygen atoms in total. The maximum absolute atomic E-state index is 13.1. The topological polar surface area (TPSA) is 9.23 Å². The van der Waals surface area contributed by atoms with E-state index < -0.39 is 11.6 Å². The van der Waals surface area contributed by atoms with E-state index in [1.807, 2.05) is 27.7 Å². The molecule has 0 saturated carbocycles. The Bertz CT molecular complexity index is 309. The zero-order valence-corrected chi connectivity index (χ0v) is 9.90. The lowest BCUT2D eigenvalue weighted by Crippen LogP contribution is -1.99. The number of hydrogen-bond donors (Lipinski definition) is 0. The fourth-order valence-electron chi connectivity index (χ4n) is 1.21. The van der Waals surface area contributed by atoms with Gasteiger partial charge < -0.3 is 4.74 Å². The first kappa shape index (κ1) is 13.9. The Kier molecular flexibility index (Phi) is 5.90. The Labute approximate surface area is 90.1 Å². The molecule has 0 aliphatic heterocycles. The summed E-state index contributed by atoms with van der Waals surface area (Å²) in [6, 6.07) is 2.66. The molecule has 0 heterocycles. The van der Waals surface area contributed by atoms with Crippen molar-refractivity contribution < 1.29 is 13.5 Å². The molecule has 1 aromatic rings. The van der Waals surface area contributed by atoms with Gasteiger partial charge in [0, 0.05) is 0 Å². The van der Waals surface area contributed by atoms with E-state index in [0.717, 1.165) is 6.07 Å². The molecule has 0 aliphatic carbocycles. The minimum Gasteiger partial charge on any atom is -0.493 e. The number of benzene rings is 1. The Morgan fingerprint density at radius 1 is 1.13 bits per heavy atom. The van der Waals surface area contributed by atoms with Gasteiger partial charge in [0.25, 0.3) is 0 Å². The Morgan fingerprint density at radius 2 is 1.67 bits per heavy atom. The zero-order chi connectivity index (χ0) is 12.0. The molecule has 0 amide bonds. The van der Waals surface area contributed by atoms with Crippen molar-refractivity contribution >= 4 is 0 Å². The molecule has 1 aromatic carbocycles. The zero-order valence-electron chi connectivity index (χ0n) is 9.90. The lowest BCUT2D eigenvalue weighted by Gasteiger charge is -2.12. The van der Waals surface area contributed by atoms with Crippen molar-refractivity contribution in [1.29, 1.82) is 0 Å². The van der Waals surface area contributed by atoms with E-state index in [4.69, 9.17) is 4.74 Å². The normalized spacial score (nSPS) is 9.60. The quantitative estimate of drug-likeness (QED) is 0.722. The molecule has 1 rings (SSSR count). The highest BCUT2D eigenvalue weighted by Gasteiger charge is 2.15. The molecule has 0 unspecified atom stereocenters. The lowest BCUT2D eigenvalue weighted by molar-refractivity contribution is 0.365. The van der Waals surface area contributed by atoms with Crippen LogP contribution in [0.2, 0.25) is 0 Å². The standard InChI is InChI=1S/C10H12F2O.C2H6/c1-6(2)7-4-5-8(11)9(12)10(7)13-3;1-2/h4-6H,1-3H3;1-2H3. The van der Waals surface area contributed by atoms with E-state index in [9.17, 15) is 8.78 Å². The summed E-state index contributed by atoms with van der Waals surface area (Å²) < 4.78 is 30.7. The van der Waals surface area contributed by atoms with Crippen molar-refractivity contribution in [2.75, 3.05) is 7.11 Å². The number of rotatable bonds is 2. The molecule has 0 N–H and O–H groups in total. The molecule has 86 valence electrons. The largest absolute Gasteiger partial charge is 0.493 e. The monoisotopic (exact) mass is 216 g/mol. The van der Waals surface area contributed by atoms with Gasteiger partial charge in [-0.25, -0.2) is 4.39 Å². The fraction of sp³-hybridized carbons (Fsp3) is 0.500. The summed E-state index contributed by atoms with van der Waals surface area (Å²) in [6.07, 6.45) is 0. The Balaban J connectivity index is 0.000000921. The van der Waals surface area contributed by atoms with Crippen LogP contribution in [-0.2, 0) is 0 Å². The van der Waals surface area contributed by atoms with Crippen LogP contribution in [0, 0.1) is 11.6 Å². The summed E-state index contributed by atoms with van der Waals surface area (Å²) >= 11 is 0. The maximum atomic E-state index is 13.1. The van der Waals surface area contributed by atoms with Crippen LogP contribution in [0.5, 0.6) is 5.75 Å². The fourth-order valence-corrected chi connectivity index (χ4v) is 1.21. The average Bonchev–Trinajstić information content (AvgIpc) is 2.24. The Morgan fingerprint density at radius 3 is 2.07 bits per heavy atom. The van der Waals surface area contributed by atoms with E-state index in [0.29, 0.717) is 5.56 Å². The highest BCUT2D eigenvalue weighted by Crippen LogP contribution is 2.30. The van der Waals surface area contributed by atoms with Crippen LogP contribution < -0.4 is 4.74 Å². The summed E-state index contributed by atoms with van der Waals surface area (Å²) in [5.41, 5.74) is 0.682. The van der Waals surface area contributed by atoms with Crippen molar-refractivity contribution in [2.24, 2.45) is 0 Å². The molecule has 3 heteroatoms. The van der Waals surface area contributed by atoms with Crippen LogP contribution in [0.3, 0.4) is 0 Å². The first-order valence-corrected chi connectivity index (χ1v) is 5.09. The SMILES string of the molecule is CC.COc1c(C(C)C)ccc(F)c1F. The predicted molar refractivity (Wildman–Crippen MR) is 58.3 cm³/mol. The molecular weight excluding hydrogens is 198 g/mol. The molecule has 0 aromatic heterocycles. The van der Waals surface area contributed by atoms with Crippen LogP contribution in [0.1, 0.15) is 39.2 Å². The third kappa shape index (κ3) is 3.18. The molecular formula is C12H18F2O. The average molecular weight is 216 g/mol. The van der Waals surface area contributed by atoms with Crippen LogP contribution in [0.4, 0.5) is 8.78 Å². The van der Waals surface area contributed by atoms with E-state index in [1.165, 1.54) is 7.11 Å². The van der Waals surface area contributed by atoms with E-state index >= 15 is 0 Å². The lowest BCUT2D eigenvalue weighted by atomic mass is 10.0. The number of halogens is 2. The van der Waals surface area contributed by atoms with Gasteiger partial charge in [-0.1, -0.05) is 33.8 Å². The summed E-state index contributed by atoms with van der Waals surface area (Å²) in [5.74, 6) is -1.66. The minimum atomic E-state index is -0.909. The second kappa shape index (κ2) is 6.38. The summed E-state index contributed by atoms with van der Waals surface area (Å²) in [6.45, 7) is 7.80. The summed E-state index contributed by atoms with van der Waals surface area (Å²) in [4.78, 5) is 0. The smallest absolute Gasteiger partial charge is 0.200 e. The van der Waals surface area contributed by atoms with Crippen molar-refractivity contribution in [3.63, 3.8) is 0 Å². The highest BCUT2D eigenvalue weighted by molar-refractivity contribution is 5.37. The maximum Gasteiger partial charge on any atom is 0.200 e. The predicted octanol–water partition coefficient (Wildman–Crippen LogP) is 4.12. The molecule has 0 atom stereocenters. The van der Waals surface area contributed by atoms with Crippen molar-refractivity contribution in [2.45, 2.75) is 33.6 Å². The minimum absolute atomic E-state index is 0.00926. The van der Waals surface area contributed by atoms with Crippen LogP contribution in [-0.4, -0.2) is 7.11 Å². The van der Waals surface area contributed by atoms with Crippen molar-refractivity contribution in [3.05, 3.63) is 29.3 Å². The first-order valence-electron chi connectivity index (χ1n) is 5.09. The summed E-state index contributed by atoms with van der Waals surface area (Å²) in [7, 11) is 1.34.